The van der Waals surface area contributed by atoms with Crippen molar-refractivity contribution in [3.05, 3.63) is 41.0 Å². The Bertz CT molecular complexity index is 390. The lowest BCUT2D eigenvalue weighted by molar-refractivity contribution is -0.137. The molecule has 1 nitrogen and oxygen atoms in total. The molecule has 0 aliphatic heterocycles. The van der Waals surface area contributed by atoms with E-state index >= 15 is 0 Å². The van der Waals surface area contributed by atoms with E-state index in [0.29, 0.717) is 0 Å². The third-order valence-electron chi connectivity index (χ3n) is 2.48. The Labute approximate surface area is 106 Å². The Morgan fingerprint density at radius 2 is 1.83 bits per heavy atom. The van der Waals surface area contributed by atoms with Gasteiger partial charge in [-0.1, -0.05) is 30.7 Å². The highest BCUT2D eigenvalue weighted by Crippen LogP contribution is 2.29. The molecule has 4 heteroatoms. The summed E-state index contributed by atoms with van der Waals surface area (Å²) in [5.74, 6) is 0. The Morgan fingerprint density at radius 3 is 2.33 bits per heavy atom. The van der Waals surface area contributed by atoms with Crippen molar-refractivity contribution < 1.29 is 13.2 Å². The average molecular weight is 257 g/mol. The molecular weight excluding hydrogens is 239 g/mol. The van der Waals surface area contributed by atoms with Crippen LogP contribution in [0.3, 0.4) is 0 Å². The zero-order chi connectivity index (χ0) is 13.6. The first-order chi connectivity index (χ1) is 8.43. The molecule has 0 aromatic heterocycles. The number of nitrogens with one attached hydrogen (secondary N) is 1. The van der Waals surface area contributed by atoms with E-state index < -0.39 is 11.7 Å². The molecule has 0 amide bonds. The van der Waals surface area contributed by atoms with Crippen LogP contribution in [0.15, 0.2) is 29.8 Å². The molecule has 0 aliphatic carbocycles. The summed E-state index contributed by atoms with van der Waals surface area (Å²) >= 11 is 0. The summed E-state index contributed by atoms with van der Waals surface area (Å²) in [5.41, 5.74) is 1.28. The van der Waals surface area contributed by atoms with Crippen molar-refractivity contribution in [3.63, 3.8) is 0 Å². The van der Waals surface area contributed by atoms with Crippen molar-refractivity contribution in [3.8, 4) is 0 Å². The largest absolute Gasteiger partial charge is 0.416 e. The first-order valence-electron chi connectivity index (χ1n) is 5.98. The van der Waals surface area contributed by atoms with Gasteiger partial charge in [0.2, 0.25) is 0 Å². The van der Waals surface area contributed by atoms with Gasteiger partial charge < -0.3 is 5.32 Å². The normalized spacial score (nSPS) is 12.8. The minimum Gasteiger partial charge on any atom is -0.313 e. The van der Waals surface area contributed by atoms with E-state index in [9.17, 15) is 13.2 Å². The number of rotatable bonds is 5. The standard InChI is InChI=1S/C14H18F3N/c1-3-8-18-10-11(2)9-12-4-6-13(7-5-12)14(15,16)17/h4-7,9,18H,3,8,10H2,1-2H3. The molecule has 0 atom stereocenters. The van der Waals surface area contributed by atoms with Crippen LogP contribution in [0.4, 0.5) is 13.2 Å². The molecular formula is C14H18F3N. The van der Waals surface area contributed by atoms with Crippen LogP contribution in [0.1, 0.15) is 31.4 Å². The van der Waals surface area contributed by atoms with E-state index in [0.717, 1.165) is 42.8 Å². The number of hydrogen-bond donors (Lipinski definition) is 1. The summed E-state index contributed by atoms with van der Waals surface area (Å²) in [6, 6.07) is 5.20. The van der Waals surface area contributed by atoms with E-state index in [1.165, 1.54) is 12.1 Å². The molecule has 0 bridgehead atoms. The fourth-order valence-corrected chi connectivity index (χ4v) is 1.57. The molecule has 1 aromatic rings. The molecule has 0 heterocycles. The summed E-state index contributed by atoms with van der Waals surface area (Å²) in [7, 11) is 0. The maximum atomic E-state index is 12.4. The van der Waals surface area contributed by atoms with Crippen molar-refractivity contribution in [1.82, 2.24) is 5.32 Å². The lowest BCUT2D eigenvalue weighted by atomic mass is 10.1. The van der Waals surface area contributed by atoms with Crippen molar-refractivity contribution >= 4 is 6.08 Å². The first kappa shape index (κ1) is 14.8. The second-order valence-corrected chi connectivity index (χ2v) is 4.29. The quantitative estimate of drug-likeness (QED) is 0.783. The van der Waals surface area contributed by atoms with Crippen LogP contribution < -0.4 is 5.32 Å². The highest BCUT2D eigenvalue weighted by atomic mass is 19.4. The van der Waals surface area contributed by atoms with Crippen LogP contribution in [0, 0.1) is 0 Å². The topological polar surface area (TPSA) is 12.0 Å². The zero-order valence-electron chi connectivity index (χ0n) is 10.6. The van der Waals surface area contributed by atoms with Gasteiger partial charge in [0.25, 0.3) is 0 Å². The zero-order valence-corrected chi connectivity index (χ0v) is 10.6. The molecule has 0 fully saturated rings. The van der Waals surface area contributed by atoms with Crippen LogP contribution in [-0.4, -0.2) is 13.1 Å². The molecule has 100 valence electrons. The maximum Gasteiger partial charge on any atom is 0.416 e. The average Bonchev–Trinajstić information content (AvgIpc) is 2.29. The molecule has 0 spiro atoms. The lowest BCUT2D eigenvalue weighted by Crippen LogP contribution is -2.16. The third kappa shape index (κ3) is 4.92. The van der Waals surface area contributed by atoms with Gasteiger partial charge in [-0.3, -0.25) is 0 Å². The summed E-state index contributed by atoms with van der Waals surface area (Å²) in [6.07, 6.45) is -1.31. The van der Waals surface area contributed by atoms with Gasteiger partial charge in [-0.2, -0.15) is 13.2 Å². The molecule has 18 heavy (non-hydrogen) atoms. The Hall–Kier alpha value is -1.29. The van der Waals surface area contributed by atoms with Crippen LogP contribution in [0.5, 0.6) is 0 Å². The monoisotopic (exact) mass is 257 g/mol. The number of hydrogen-bond acceptors (Lipinski definition) is 1. The summed E-state index contributed by atoms with van der Waals surface area (Å²) in [4.78, 5) is 0. The molecule has 0 saturated heterocycles. The van der Waals surface area contributed by atoms with Gasteiger partial charge in [-0.05, 0) is 37.6 Å². The van der Waals surface area contributed by atoms with E-state index in [-0.39, 0.29) is 0 Å². The van der Waals surface area contributed by atoms with Gasteiger partial charge >= 0.3 is 6.18 Å². The van der Waals surface area contributed by atoms with E-state index in [1.807, 2.05) is 13.0 Å². The maximum absolute atomic E-state index is 12.4. The van der Waals surface area contributed by atoms with Crippen LogP contribution in [0.2, 0.25) is 0 Å². The molecule has 0 aliphatic rings. The van der Waals surface area contributed by atoms with Crippen molar-refractivity contribution in [1.29, 1.82) is 0 Å². The first-order valence-corrected chi connectivity index (χ1v) is 5.98. The van der Waals surface area contributed by atoms with Crippen molar-refractivity contribution in [2.75, 3.05) is 13.1 Å². The minimum atomic E-state index is -4.26. The Kier molecular flexibility index (Phi) is 5.41. The number of alkyl halides is 3. The molecule has 0 unspecified atom stereocenters. The second-order valence-electron chi connectivity index (χ2n) is 4.29. The van der Waals surface area contributed by atoms with E-state index in [2.05, 4.69) is 12.2 Å². The van der Waals surface area contributed by atoms with E-state index in [1.54, 1.807) is 0 Å². The van der Waals surface area contributed by atoms with Crippen molar-refractivity contribution in [2.45, 2.75) is 26.4 Å². The van der Waals surface area contributed by atoms with Gasteiger partial charge in [0, 0.05) is 6.54 Å². The summed E-state index contributed by atoms with van der Waals surface area (Å²) in [5, 5.41) is 3.24. The van der Waals surface area contributed by atoms with Gasteiger partial charge in [0.1, 0.15) is 0 Å². The smallest absolute Gasteiger partial charge is 0.313 e. The molecule has 1 rings (SSSR count). The molecule has 0 radical (unpaired) electrons. The molecule has 1 aromatic carbocycles. The highest BCUT2D eigenvalue weighted by molar-refractivity contribution is 5.53. The molecule has 0 saturated carbocycles. The van der Waals surface area contributed by atoms with Gasteiger partial charge in [-0.25, -0.2) is 0 Å². The summed E-state index contributed by atoms with van der Waals surface area (Å²) in [6.45, 7) is 5.75. The minimum absolute atomic E-state index is 0.610. The fraction of sp³-hybridized carbons (Fsp3) is 0.429. The predicted molar refractivity (Wildman–Crippen MR) is 68.3 cm³/mol. The second kappa shape index (κ2) is 6.59. The van der Waals surface area contributed by atoms with Gasteiger partial charge in [0.15, 0.2) is 0 Å². The third-order valence-corrected chi connectivity index (χ3v) is 2.48. The van der Waals surface area contributed by atoms with E-state index in [4.69, 9.17) is 0 Å². The lowest BCUT2D eigenvalue weighted by Gasteiger charge is -2.07. The highest BCUT2D eigenvalue weighted by Gasteiger charge is 2.29. The van der Waals surface area contributed by atoms with Crippen LogP contribution >= 0.6 is 0 Å². The predicted octanol–water partition coefficient (Wildman–Crippen LogP) is 4.11. The van der Waals surface area contributed by atoms with Crippen LogP contribution in [-0.2, 0) is 6.18 Å². The fourth-order valence-electron chi connectivity index (χ4n) is 1.57. The number of halogens is 3. The molecule has 1 N–H and O–H groups in total. The Balaban J connectivity index is 2.65. The van der Waals surface area contributed by atoms with Crippen LogP contribution in [0.25, 0.3) is 6.08 Å². The van der Waals surface area contributed by atoms with Gasteiger partial charge in [-0.15, -0.1) is 0 Å². The van der Waals surface area contributed by atoms with Gasteiger partial charge in [0.05, 0.1) is 5.56 Å². The summed E-state index contributed by atoms with van der Waals surface area (Å²) < 4.78 is 37.1. The van der Waals surface area contributed by atoms with Crippen molar-refractivity contribution in [2.24, 2.45) is 0 Å². The Morgan fingerprint density at radius 1 is 1.22 bits per heavy atom. The SMILES string of the molecule is CCCNCC(C)=Cc1ccc(C(F)(F)F)cc1. The number of benzene rings is 1.